The van der Waals surface area contributed by atoms with Crippen molar-refractivity contribution in [3.8, 4) is 0 Å². The Morgan fingerprint density at radius 3 is 0.865 bits per heavy atom. The molecule has 0 spiro atoms. The summed E-state index contributed by atoms with van der Waals surface area (Å²) < 4.78 is 0. The maximum atomic E-state index is 5.33. The Kier molecular flexibility index (Phi) is 4.83. The highest BCUT2D eigenvalue weighted by Gasteiger charge is 2.42. The standard InChI is InChI=1S/C44H22N8/c1-2-8-22-21(7-1)35-27-17-31-33(51-43-25-11-5-15-47-39(25)37-23(41(43)49-31)9-3-13-45-37)19-29(27)36(22)30-20-34-32(18-28(30)35)50-42-24-10-4-14-46-38(24)40-26(44(42)52-34)12-6-16-48-40/h1-20,35-36H. The molecule has 0 radical (unpaired) electrons. The van der Waals surface area contributed by atoms with Crippen LogP contribution in [0.15, 0.2) is 122 Å². The number of pyridine rings is 4. The first kappa shape index (κ1) is 26.8. The molecule has 0 saturated carbocycles. The fourth-order valence-electron chi connectivity index (χ4n) is 9.20. The molecule has 14 rings (SSSR count). The molecule has 0 N–H and O–H groups in total. The lowest BCUT2D eigenvalue weighted by molar-refractivity contribution is 0.757. The van der Waals surface area contributed by atoms with E-state index >= 15 is 0 Å². The fraction of sp³-hybridized carbons (Fsp3) is 0.0455. The van der Waals surface area contributed by atoms with Crippen LogP contribution in [0, 0.1) is 0 Å². The summed E-state index contributed by atoms with van der Waals surface area (Å²) >= 11 is 0. The Hall–Kier alpha value is -7.06. The van der Waals surface area contributed by atoms with Gasteiger partial charge in [0.25, 0.3) is 0 Å². The first-order valence-corrected chi connectivity index (χ1v) is 17.4. The second-order valence-electron chi connectivity index (χ2n) is 13.9. The van der Waals surface area contributed by atoms with Gasteiger partial charge in [-0.2, -0.15) is 0 Å². The van der Waals surface area contributed by atoms with Gasteiger partial charge >= 0.3 is 0 Å². The van der Waals surface area contributed by atoms with Gasteiger partial charge in [0.1, 0.15) is 0 Å². The van der Waals surface area contributed by atoms with Crippen molar-refractivity contribution >= 4 is 87.7 Å². The third kappa shape index (κ3) is 3.27. The second-order valence-corrected chi connectivity index (χ2v) is 13.9. The molecule has 3 aliphatic rings. The van der Waals surface area contributed by atoms with Gasteiger partial charge in [-0.05, 0) is 106 Å². The quantitative estimate of drug-likeness (QED) is 0.117. The number of hydrogen-bond acceptors (Lipinski definition) is 8. The maximum absolute atomic E-state index is 5.33. The van der Waals surface area contributed by atoms with E-state index < -0.39 is 0 Å². The van der Waals surface area contributed by atoms with Crippen molar-refractivity contribution in [3.05, 3.63) is 155 Å². The van der Waals surface area contributed by atoms with Crippen molar-refractivity contribution in [2.75, 3.05) is 0 Å². The Bertz CT molecular complexity index is 3020. The van der Waals surface area contributed by atoms with Crippen molar-refractivity contribution in [1.29, 1.82) is 0 Å². The summed E-state index contributed by atoms with van der Waals surface area (Å²) in [6.45, 7) is 0. The zero-order chi connectivity index (χ0) is 33.7. The van der Waals surface area contributed by atoms with Gasteiger partial charge in [0, 0.05) is 58.2 Å². The largest absolute Gasteiger partial charge is 0.254 e. The highest BCUT2D eigenvalue weighted by molar-refractivity contribution is 6.22. The van der Waals surface area contributed by atoms with Crippen LogP contribution in [0.2, 0.25) is 0 Å². The second kappa shape index (κ2) is 9.38. The summed E-state index contributed by atoms with van der Waals surface area (Å²) in [7, 11) is 0. The van der Waals surface area contributed by atoms with E-state index in [1.54, 1.807) is 0 Å². The van der Waals surface area contributed by atoms with Crippen LogP contribution in [0.25, 0.3) is 87.7 Å². The normalized spacial score (nSPS) is 16.1. The molecule has 0 fully saturated rings. The zero-order valence-electron chi connectivity index (χ0n) is 27.3. The van der Waals surface area contributed by atoms with Crippen LogP contribution in [0.3, 0.4) is 0 Å². The molecule has 0 unspecified atom stereocenters. The minimum absolute atomic E-state index is 0.0217. The van der Waals surface area contributed by atoms with Crippen LogP contribution >= 0.6 is 0 Å². The number of benzene rings is 5. The molecule has 2 bridgehead atoms. The van der Waals surface area contributed by atoms with Crippen LogP contribution in [-0.4, -0.2) is 39.9 Å². The summed E-state index contributed by atoms with van der Waals surface area (Å²) in [4.78, 5) is 40.2. The van der Waals surface area contributed by atoms with Crippen molar-refractivity contribution in [1.82, 2.24) is 39.9 Å². The summed E-state index contributed by atoms with van der Waals surface area (Å²) in [5.41, 5.74) is 17.9. The van der Waals surface area contributed by atoms with E-state index in [-0.39, 0.29) is 11.8 Å². The zero-order valence-corrected chi connectivity index (χ0v) is 27.3. The molecule has 238 valence electrons. The molecule has 0 aliphatic heterocycles. The van der Waals surface area contributed by atoms with Gasteiger partial charge < -0.3 is 0 Å². The van der Waals surface area contributed by atoms with Crippen LogP contribution in [0.5, 0.6) is 0 Å². The lowest BCUT2D eigenvalue weighted by Gasteiger charge is -2.42. The third-order valence-electron chi connectivity index (χ3n) is 11.3. The average Bonchev–Trinajstić information content (AvgIpc) is 3.21. The van der Waals surface area contributed by atoms with E-state index in [0.29, 0.717) is 0 Å². The molecule has 52 heavy (non-hydrogen) atoms. The van der Waals surface area contributed by atoms with E-state index in [9.17, 15) is 0 Å². The highest BCUT2D eigenvalue weighted by Crippen LogP contribution is 2.57. The monoisotopic (exact) mass is 662 g/mol. The summed E-state index contributed by atoms with van der Waals surface area (Å²) in [6, 6.07) is 34.1. The number of hydrogen-bond donors (Lipinski definition) is 0. The number of aromatic nitrogens is 8. The number of nitrogens with zero attached hydrogens (tertiary/aromatic N) is 8. The first-order valence-electron chi connectivity index (χ1n) is 17.4. The molecule has 11 aromatic rings. The molecule has 0 amide bonds. The molecule has 0 atom stereocenters. The molecular formula is C44H22N8. The van der Waals surface area contributed by atoms with Crippen LogP contribution in [0.1, 0.15) is 45.2 Å². The SMILES string of the molecule is c1ccc2c(c1)C1c3cc4nc5c6cccnc6c6ncccc6c5nc4cc3C2c2cc3nc4c5cccnc5c5ncccc5c4nc3cc21. The summed E-state index contributed by atoms with van der Waals surface area (Å²) in [5.74, 6) is 0.0434. The molecule has 3 aliphatic carbocycles. The molecule has 6 aromatic heterocycles. The average molecular weight is 663 g/mol. The third-order valence-corrected chi connectivity index (χ3v) is 11.3. The predicted octanol–water partition coefficient (Wildman–Crippen LogP) is 9.06. The van der Waals surface area contributed by atoms with Crippen molar-refractivity contribution in [2.24, 2.45) is 0 Å². The Labute approximate surface area is 293 Å². The topological polar surface area (TPSA) is 103 Å². The Morgan fingerprint density at radius 1 is 0.288 bits per heavy atom. The van der Waals surface area contributed by atoms with E-state index in [2.05, 4.69) is 72.8 Å². The van der Waals surface area contributed by atoms with Gasteiger partial charge in [-0.25, -0.2) is 19.9 Å². The molecular weight excluding hydrogens is 641 g/mol. The van der Waals surface area contributed by atoms with E-state index in [1.165, 1.54) is 33.4 Å². The lowest BCUT2D eigenvalue weighted by Crippen LogP contribution is -2.27. The van der Waals surface area contributed by atoms with Crippen molar-refractivity contribution < 1.29 is 0 Å². The Balaban J connectivity index is 1.11. The number of fused-ring (bicyclic) bond motifs is 14. The molecule has 8 heteroatoms. The minimum Gasteiger partial charge on any atom is -0.254 e. The van der Waals surface area contributed by atoms with Gasteiger partial charge in [-0.15, -0.1) is 0 Å². The van der Waals surface area contributed by atoms with Crippen molar-refractivity contribution in [2.45, 2.75) is 11.8 Å². The highest BCUT2D eigenvalue weighted by atomic mass is 14.8. The van der Waals surface area contributed by atoms with E-state index in [1.807, 2.05) is 49.1 Å². The predicted molar refractivity (Wildman–Crippen MR) is 204 cm³/mol. The fourth-order valence-corrected chi connectivity index (χ4v) is 9.20. The van der Waals surface area contributed by atoms with E-state index in [0.717, 1.165) is 87.7 Å². The Morgan fingerprint density at radius 2 is 0.577 bits per heavy atom. The molecule has 8 nitrogen and oxygen atoms in total. The lowest BCUT2D eigenvalue weighted by atomic mass is 9.61. The first-order chi connectivity index (χ1) is 25.8. The smallest absolute Gasteiger partial charge is 0.0996 e. The summed E-state index contributed by atoms with van der Waals surface area (Å²) in [5, 5.41) is 3.82. The van der Waals surface area contributed by atoms with Gasteiger partial charge in [0.05, 0.1) is 66.2 Å². The molecule has 6 heterocycles. The molecule has 5 aromatic carbocycles. The minimum atomic E-state index is 0.0217. The van der Waals surface area contributed by atoms with Crippen LogP contribution in [-0.2, 0) is 0 Å². The number of rotatable bonds is 0. The van der Waals surface area contributed by atoms with Crippen LogP contribution < -0.4 is 0 Å². The van der Waals surface area contributed by atoms with Gasteiger partial charge in [-0.3, -0.25) is 19.9 Å². The van der Waals surface area contributed by atoms with Gasteiger partial charge in [0.2, 0.25) is 0 Å². The summed E-state index contributed by atoms with van der Waals surface area (Å²) in [6.07, 6.45) is 7.26. The van der Waals surface area contributed by atoms with Crippen molar-refractivity contribution in [3.63, 3.8) is 0 Å². The van der Waals surface area contributed by atoms with Gasteiger partial charge in [0.15, 0.2) is 0 Å². The van der Waals surface area contributed by atoms with Crippen LogP contribution in [0.4, 0.5) is 0 Å². The van der Waals surface area contributed by atoms with E-state index in [4.69, 9.17) is 39.9 Å². The molecule has 0 saturated heterocycles. The van der Waals surface area contributed by atoms with Gasteiger partial charge in [-0.1, -0.05) is 24.3 Å². The maximum Gasteiger partial charge on any atom is 0.0996 e.